The van der Waals surface area contributed by atoms with Gasteiger partial charge in [-0.05, 0) is 30.9 Å². The number of hydrogen-bond acceptors (Lipinski definition) is 7. The van der Waals surface area contributed by atoms with Crippen LogP contribution in [0.1, 0.15) is 45.2 Å². The summed E-state index contributed by atoms with van der Waals surface area (Å²) in [5.74, 6) is -0.432. The normalized spacial score (nSPS) is 19.7. The van der Waals surface area contributed by atoms with Crippen molar-refractivity contribution in [3.63, 3.8) is 0 Å². The van der Waals surface area contributed by atoms with Gasteiger partial charge in [0.1, 0.15) is 19.4 Å². The Labute approximate surface area is 277 Å². The van der Waals surface area contributed by atoms with Gasteiger partial charge in [-0.25, -0.2) is 18.4 Å². The number of nitrogens with zero attached hydrogens (tertiary/aromatic N) is 2. The van der Waals surface area contributed by atoms with Gasteiger partial charge in [-0.15, -0.1) is 0 Å². The molecule has 2 aliphatic rings. The van der Waals surface area contributed by atoms with Crippen LogP contribution in [-0.4, -0.2) is 97.6 Å². The van der Waals surface area contributed by atoms with Gasteiger partial charge in [-0.3, -0.25) is 4.79 Å². The fourth-order valence-electron chi connectivity index (χ4n) is 3.98. The maximum absolute atomic E-state index is 13.3. The van der Waals surface area contributed by atoms with Gasteiger partial charge in [0, 0.05) is 54.0 Å². The van der Waals surface area contributed by atoms with Crippen LogP contribution in [0.4, 0.5) is 18.4 Å². The van der Waals surface area contributed by atoms with E-state index in [1.54, 1.807) is 6.92 Å². The van der Waals surface area contributed by atoms with E-state index in [0.717, 1.165) is 11.1 Å². The van der Waals surface area contributed by atoms with Gasteiger partial charge < -0.3 is 30.9 Å². The third-order valence-electron chi connectivity index (χ3n) is 6.34. The van der Waals surface area contributed by atoms with Crippen molar-refractivity contribution in [3.8, 4) is 0 Å². The molecule has 3 unspecified atom stereocenters. The summed E-state index contributed by atoms with van der Waals surface area (Å²) in [4.78, 5) is 37.7. The number of ketones is 1. The average Bonchev–Trinajstić information content (AvgIpc) is 3.27. The van der Waals surface area contributed by atoms with E-state index in [2.05, 4.69) is 0 Å². The number of aliphatic hydroxyl groups is 2. The van der Waals surface area contributed by atoms with E-state index in [-0.39, 0.29) is 105 Å². The van der Waals surface area contributed by atoms with Crippen molar-refractivity contribution < 1.29 is 73.8 Å². The van der Waals surface area contributed by atoms with E-state index in [1.165, 1.54) is 9.80 Å². The molecule has 2 aromatic rings. The smallest absolute Gasteiger partial charge is 1.00 e. The number of rotatable bonds is 4. The molecule has 231 valence electrons. The van der Waals surface area contributed by atoms with E-state index in [9.17, 15) is 28.3 Å². The summed E-state index contributed by atoms with van der Waals surface area (Å²) in [6.45, 7) is 3.38. The number of carbonyl (C=O) groups excluding carboxylic acids is 3. The zero-order valence-electron chi connectivity index (χ0n) is 25.9. The van der Waals surface area contributed by atoms with Crippen molar-refractivity contribution in [2.24, 2.45) is 0 Å². The number of benzene rings is 2. The number of halogens is 2. The van der Waals surface area contributed by atoms with Gasteiger partial charge in [0.2, 0.25) is 0 Å². The molecule has 2 saturated heterocycles. The minimum absolute atomic E-state index is 0. The van der Waals surface area contributed by atoms with Gasteiger partial charge in [0.15, 0.2) is 12.0 Å². The Hall–Kier alpha value is -2.51. The molecule has 3 atom stereocenters. The molecule has 2 amide bonds. The quantitative estimate of drug-likeness (QED) is 0.498. The number of alkyl halides is 2. The second-order valence-corrected chi connectivity index (χ2v) is 9.50. The van der Waals surface area contributed by atoms with Crippen LogP contribution in [0.15, 0.2) is 60.7 Å². The molecule has 2 aliphatic heterocycles. The Balaban J connectivity index is 0. The summed E-state index contributed by atoms with van der Waals surface area (Å²) < 4.78 is 36.8. The number of amides is 2. The molecule has 3 radical (unpaired) electrons. The van der Waals surface area contributed by atoms with Crippen LogP contribution in [0.5, 0.6) is 0 Å². The molecule has 4 rings (SSSR count). The molecular weight excluding hydrogens is 572 g/mol. The van der Waals surface area contributed by atoms with Crippen molar-refractivity contribution in [2.45, 2.75) is 64.3 Å². The molecule has 2 aromatic carbocycles. The van der Waals surface area contributed by atoms with E-state index >= 15 is 0 Å². The molecule has 2 heterocycles. The average molecular weight is 613 g/mol. The topological polar surface area (TPSA) is 117 Å². The SMILES string of the molecule is CCO.O=C(OCc1ccccc1)N1CCC(O)C(F)CC1.O=C1CCN(C(=O)OCc2ccccc2)CCC1F.[B].[H-].[Na+]. The first kappa shape index (κ1) is 40.5. The van der Waals surface area contributed by atoms with Crippen molar-refractivity contribution in [2.75, 3.05) is 32.8 Å². The summed E-state index contributed by atoms with van der Waals surface area (Å²) in [6, 6.07) is 18.7. The van der Waals surface area contributed by atoms with Crippen molar-refractivity contribution >= 4 is 26.4 Å². The molecule has 0 aromatic heterocycles. The third kappa shape index (κ3) is 15.7. The van der Waals surface area contributed by atoms with E-state index in [1.807, 2.05) is 60.7 Å². The van der Waals surface area contributed by atoms with Crippen LogP contribution in [0.2, 0.25) is 0 Å². The van der Waals surface area contributed by atoms with Crippen LogP contribution in [0, 0.1) is 0 Å². The molecule has 0 saturated carbocycles. The molecule has 2 N–H and O–H groups in total. The van der Waals surface area contributed by atoms with Crippen LogP contribution in [-0.2, 0) is 27.5 Å². The minimum Gasteiger partial charge on any atom is -1.00 e. The Morgan fingerprint density at radius 1 is 0.837 bits per heavy atom. The first-order valence-corrected chi connectivity index (χ1v) is 13.8. The molecule has 0 bridgehead atoms. The van der Waals surface area contributed by atoms with E-state index < -0.39 is 36.4 Å². The zero-order chi connectivity index (χ0) is 30.0. The number of likely N-dealkylation sites (tertiary alicyclic amines) is 2. The standard InChI is InChI=1S/C14H18FNO3.C14H16FNO3.C2H6O.B.Na.H/c2*15-12-6-8-16(9-7-13(12)17)14(18)19-10-11-4-2-1-3-5-11;1-2-3;;;/h1-5,12-13,17H,6-10H2;1-5,12H,6-10H2;3H,2H2,1H3;;;/q;;;;+1;-1. The van der Waals surface area contributed by atoms with Gasteiger partial charge in [0.25, 0.3) is 0 Å². The fourth-order valence-corrected chi connectivity index (χ4v) is 3.98. The second-order valence-electron chi connectivity index (χ2n) is 9.50. The number of ether oxygens (including phenoxy) is 2. The van der Waals surface area contributed by atoms with Gasteiger partial charge in [-0.2, -0.15) is 0 Å². The summed E-state index contributed by atoms with van der Waals surface area (Å²) in [5, 5.41) is 17.0. The van der Waals surface area contributed by atoms with Crippen molar-refractivity contribution in [1.82, 2.24) is 9.80 Å². The summed E-state index contributed by atoms with van der Waals surface area (Å²) in [5.41, 5.74) is 1.80. The Kier molecular flexibility index (Phi) is 21.6. The van der Waals surface area contributed by atoms with Gasteiger partial charge >= 0.3 is 41.7 Å². The molecule has 0 spiro atoms. The number of carbonyl (C=O) groups is 3. The molecule has 43 heavy (non-hydrogen) atoms. The van der Waals surface area contributed by atoms with Crippen molar-refractivity contribution in [3.05, 3.63) is 71.8 Å². The van der Waals surface area contributed by atoms with Gasteiger partial charge in [0.05, 0.1) is 6.10 Å². The Morgan fingerprint density at radius 3 is 1.74 bits per heavy atom. The summed E-state index contributed by atoms with van der Waals surface area (Å²) >= 11 is 0. The minimum atomic E-state index is -1.45. The second kappa shape index (κ2) is 23.0. The number of aliphatic hydroxyl groups excluding tert-OH is 2. The van der Waals surface area contributed by atoms with Crippen molar-refractivity contribution in [1.29, 1.82) is 0 Å². The first-order valence-electron chi connectivity index (χ1n) is 13.8. The predicted molar refractivity (Wildman–Crippen MR) is 155 cm³/mol. The molecule has 9 nitrogen and oxygen atoms in total. The van der Waals surface area contributed by atoms with Gasteiger partial charge in [-0.1, -0.05) is 60.7 Å². The molecular formula is C30H41BF2N2NaO7. The summed E-state index contributed by atoms with van der Waals surface area (Å²) in [6.07, 6.45) is -4.12. The van der Waals surface area contributed by atoms with Crippen LogP contribution < -0.4 is 29.6 Å². The fraction of sp³-hybridized carbons (Fsp3) is 0.500. The van der Waals surface area contributed by atoms with Crippen LogP contribution >= 0.6 is 0 Å². The third-order valence-corrected chi connectivity index (χ3v) is 6.34. The Morgan fingerprint density at radius 2 is 1.26 bits per heavy atom. The maximum atomic E-state index is 13.3. The van der Waals surface area contributed by atoms with Crippen LogP contribution in [0.3, 0.4) is 0 Å². The van der Waals surface area contributed by atoms with E-state index in [4.69, 9.17) is 14.6 Å². The Bertz CT molecular complexity index is 1050. The largest absolute Gasteiger partial charge is 1.00 e. The monoisotopic (exact) mass is 613 g/mol. The first-order chi connectivity index (χ1) is 19.7. The van der Waals surface area contributed by atoms with Crippen LogP contribution in [0.25, 0.3) is 0 Å². The molecule has 0 aliphatic carbocycles. The number of hydrogen-bond donors (Lipinski definition) is 2. The molecule has 2 fully saturated rings. The zero-order valence-corrected chi connectivity index (χ0v) is 26.9. The number of Topliss-reactive ketones (excluding diaryl/α,β-unsaturated/α-hetero) is 1. The molecule has 13 heteroatoms. The predicted octanol–water partition coefficient (Wildman–Crippen LogP) is 1.18. The maximum Gasteiger partial charge on any atom is 1.00 e. The summed E-state index contributed by atoms with van der Waals surface area (Å²) in [7, 11) is 0. The van der Waals surface area contributed by atoms with E-state index in [0.29, 0.717) is 6.54 Å².